The Morgan fingerprint density at radius 3 is 2.61 bits per heavy atom. The molecule has 0 spiro atoms. The molecule has 4 aromatic rings. The van der Waals surface area contributed by atoms with Gasteiger partial charge >= 0.3 is 0 Å². The third-order valence-corrected chi connectivity index (χ3v) is 5.81. The third kappa shape index (κ3) is 4.40. The van der Waals surface area contributed by atoms with E-state index in [0.29, 0.717) is 0 Å². The molecule has 0 unspecified atom stereocenters. The van der Waals surface area contributed by atoms with Crippen LogP contribution in [0.15, 0.2) is 92.9 Å². The van der Waals surface area contributed by atoms with Gasteiger partial charge in [0.05, 0.1) is 17.6 Å². The smallest absolute Gasteiger partial charge is 0.206 e. The van der Waals surface area contributed by atoms with Crippen LogP contribution in [0.4, 0.5) is 0 Å². The molecule has 0 aliphatic rings. The quantitative estimate of drug-likeness (QED) is 0.385. The maximum absolute atomic E-state index is 4.82. The largest absolute Gasteiger partial charge is 0.360 e. The lowest BCUT2D eigenvalue weighted by molar-refractivity contribution is 0.816. The molecule has 0 fully saturated rings. The van der Waals surface area contributed by atoms with Gasteiger partial charge in [0, 0.05) is 28.2 Å². The molecule has 2 aromatic heterocycles. The van der Waals surface area contributed by atoms with Crippen molar-refractivity contribution in [2.24, 2.45) is 10.1 Å². The van der Waals surface area contributed by atoms with Crippen molar-refractivity contribution < 1.29 is 0 Å². The summed E-state index contributed by atoms with van der Waals surface area (Å²) in [5.74, 6) is 0. The molecule has 4 rings (SSSR count). The van der Waals surface area contributed by atoms with Crippen molar-refractivity contribution in [3.8, 4) is 11.3 Å². The van der Waals surface area contributed by atoms with Gasteiger partial charge < -0.3 is 4.98 Å². The highest BCUT2D eigenvalue weighted by Crippen LogP contribution is 2.28. The van der Waals surface area contributed by atoms with E-state index in [1.54, 1.807) is 11.3 Å². The molecular formula is C22H19BrN4S. The minimum atomic E-state index is 0.720. The Bertz CT molecular complexity index is 1120. The summed E-state index contributed by atoms with van der Waals surface area (Å²) in [7, 11) is 0. The number of aromatic amines is 1. The zero-order valence-corrected chi connectivity index (χ0v) is 17.5. The molecule has 0 saturated heterocycles. The molecule has 6 heteroatoms. The zero-order chi connectivity index (χ0) is 19.2. The molecule has 0 atom stereocenters. The highest BCUT2D eigenvalue weighted by atomic mass is 79.9. The first-order chi connectivity index (χ1) is 13.8. The predicted octanol–water partition coefficient (Wildman–Crippen LogP) is 5.33. The SMILES string of the molecule is Brc1ccccc1-c1csc(=NCCc2ccccc2)n1N=Cc1ccc[nH]1. The van der Waals surface area contributed by atoms with Crippen molar-refractivity contribution >= 4 is 33.5 Å². The van der Waals surface area contributed by atoms with Crippen LogP contribution in [0, 0.1) is 0 Å². The summed E-state index contributed by atoms with van der Waals surface area (Å²) in [5.41, 5.74) is 4.34. The Morgan fingerprint density at radius 2 is 1.82 bits per heavy atom. The van der Waals surface area contributed by atoms with E-state index < -0.39 is 0 Å². The summed E-state index contributed by atoms with van der Waals surface area (Å²) in [6.07, 6.45) is 4.62. The van der Waals surface area contributed by atoms with E-state index in [1.807, 2.05) is 53.5 Å². The lowest BCUT2D eigenvalue weighted by Gasteiger charge is -2.05. The normalized spacial score (nSPS) is 12.1. The monoisotopic (exact) mass is 450 g/mol. The zero-order valence-electron chi connectivity index (χ0n) is 15.1. The number of H-pyrrole nitrogens is 1. The van der Waals surface area contributed by atoms with Gasteiger partial charge in [-0.2, -0.15) is 5.10 Å². The molecule has 0 radical (unpaired) electrons. The van der Waals surface area contributed by atoms with Crippen molar-refractivity contribution in [3.63, 3.8) is 0 Å². The number of hydrogen-bond donors (Lipinski definition) is 1. The van der Waals surface area contributed by atoms with Gasteiger partial charge in [-0.1, -0.05) is 64.5 Å². The van der Waals surface area contributed by atoms with Crippen LogP contribution in [0.1, 0.15) is 11.3 Å². The number of aromatic nitrogens is 2. The average molecular weight is 451 g/mol. The molecule has 0 saturated carbocycles. The molecule has 1 N–H and O–H groups in total. The second-order valence-electron chi connectivity index (χ2n) is 6.18. The molecule has 28 heavy (non-hydrogen) atoms. The Morgan fingerprint density at radius 1 is 1.00 bits per heavy atom. The topological polar surface area (TPSA) is 45.4 Å². The van der Waals surface area contributed by atoms with Crippen molar-refractivity contribution in [1.82, 2.24) is 9.66 Å². The standard InChI is InChI=1S/C22H19BrN4S/c23-20-11-5-4-10-19(20)21-16-28-22(25-14-12-17-7-2-1-3-8-17)27(21)26-15-18-9-6-13-24-18/h1-11,13,15-16,24H,12,14H2. The molecule has 0 bridgehead atoms. The van der Waals surface area contributed by atoms with Crippen LogP contribution in [-0.2, 0) is 6.42 Å². The lowest BCUT2D eigenvalue weighted by atomic mass is 10.2. The van der Waals surface area contributed by atoms with Gasteiger partial charge in [-0.15, -0.1) is 11.3 Å². The average Bonchev–Trinajstić information content (AvgIpc) is 3.38. The maximum atomic E-state index is 4.82. The molecule has 2 aromatic carbocycles. The molecule has 140 valence electrons. The molecule has 0 amide bonds. The number of nitrogens with one attached hydrogen (secondary N) is 1. The van der Waals surface area contributed by atoms with Crippen molar-refractivity contribution in [3.05, 3.63) is 98.8 Å². The van der Waals surface area contributed by atoms with E-state index >= 15 is 0 Å². The summed E-state index contributed by atoms with van der Waals surface area (Å²) in [4.78, 5) is 8.85. The van der Waals surface area contributed by atoms with Crippen LogP contribution >= 0.6 is 27.3 Å². The van der Waals surface area contributed by atoms with E-state index in [1.165, 1.54) is 5.56 Å². The number of thiazole rings is 1. The van der Waals surface area contributed by atoms with Gasteiger partial charge in [0.25, 0.3) is 0 Å². The lowest BCUT2D eigenvalue weighted by Crippen LogP contribution is -2.13. The molecular weight excluding hydrogens is 432 g/mol. The highest BCUT2D eigenvalue weighted by Gasteiger charge is 2.10. The number of benzene rings is 2. The van der Waals surface area contributed by atoms with Crippen LogP contribution in [0.5, 0.6) is 0 Å². The van der Waals surface area contributed by atoms with E-state index in [-0.39, 0.29) is 0 Å². The van der Waals surface area contributed by atoms with Crippen LogP contribution in [0.3, 0.4) is 0 Å². The van der Waals surface area contributed by atoms with Crippen LogP contribution in [0.25, 0.3) is 11.3 Å². The van der Waals surface area contributed by atoms with Crippen LogP contribution < -0.4 is 4.80 Å². The first-order valence-corrected chi connectivity index (χ1v) is 10.7. The molecule has 2 heterocycles. The van der Waals surface area contributed by atoms with Crippen molar-refractivity contribution in [1.29, 1.82) is 0 Å². The summed E-state index contributed by atoms with van der Waals surface area (Å²) in [6, 6.07) is 22.5. The van der Waals surface area contributed by atoms with Crippen molar-refractivity contribution in [2.45, 2.75) is 6.42 Å². The van der Waals surface area contributed by atoms with E-state index in [4.69, 9.17) is 10.1 Å². The van der Waals surface area contributed by atoms with Crippen molar-refractivity contribution in [2.75, 3.05) is 6.54 Å². The Kier molecular flexibility index (Phi) is 5.99. The van der Waals surface area contributed by atoms with Crippen LogP contribution in [0.2, 0.25) is 0 Å². The second kappa shape index (κ2) is 8.99. The minimum Gasteiger partial charge on any atom is -0.360 e. The Labute approximate surface area is 176 Å². The fourth-order valence-corrected chi connectivity index (χ4v) is 4.19. The minimum absolute atomic E-state index is 0.720. The van der Waals surface area contributed by atoms with Crippen LogP contribution in [-0.4, -0.2) is 22.4 Å². The third-order valence-electron chi connectivity index (χ3n) is 4.26. The number of halogens is 1. The Balaban J connectivity index is 1.69. The fourth-order valence-electron chi connectivity index (χ4n) is 2.84. The molecule has 0 aliphatic carbocycles. The summed E-state index contributed by atoms with van der Waals surface area (Å²) >= 11 is 5.26. The first kappa shape index (κ1) is 18.7. The van der Waals surface area contributed by atoms with Gasteiger partial charge in [0.15, 0.2) is 0 Å². The van der Waals surface area contributed by atoms with E-state index in [2.05, 4.69) is 56.6 Å². The number of hydrogen-bond acceptors (Lipinski definition) is 3. The summed E-state index contributed by atoms with van der Waals surface area (Å²) < 4.78 is 2.95. The first-order valence-electron chi connectivity index (χ1n) is 8.99. The number of nitrogens with zero attached hydrogens (tertiary/aromatic N) is 3. The van der Waals surface area contributed by atoms with Gasteiger partial charge in [0.1, 0.15) is 0 Å². The summed E-state index contributed by atoms with van der Waals surface area (Å²) in [5, 5.41) is 6.81. The summed E-state index contributed by atoms with van der Waals surface area (Å²) in [6.45, 7) is 0.720. The Hall–Kier alpha value is -2.70. The van der Waals surface area contributed by atoms with E-state index in [0.717, 1.165) is 39.2 Å². The van der Waals surface area contributed by atoms with Gasteiger partial charge in [0.2, 0.25) is 4.80 Å². The van der Waals surface area contributed by atoms with Gasteiger partial charge in [-0.3, -0.25) is 4.99 Å². The van der Waals surface area contributed by atoms with E-state index in [9.17, 15) is 0 Å². The highest BCUT2D eigenvalue weighted by molar-refractivity contribution is 9.10. The fraction of sp³-hybridized carbons (Fsp3) is 0.0909. The molecule has 4 nitrogen and oxygen atoms in total. The molecule has 0 aliphatic heterocycles. The van der Waals surface area contributed by atoms with Gasteiger partial charge in [-0.05, 0) is 30.2 Å². The predicted molar refractivity (Wildman–Crippen MR) is 120 cm³/mol. The second-order valence-corrected chi connectivity index (χ2v) is 7.87. The van der Waals surface area contributed by atoms with Gasteiger partial charge in [-0.25, -0.2) is 4.68 Å². The maximum Gasteiger partial charge on any atom is 0.206 e. The number of rotatable bonds is 6.